The molecular weight excluding hydrogens is 464 g/mol. The molecule has 0 spiro atoms. The number of benzene rings is 3. The highest BCUT2D eigenvalue weighted by Crippen LogP contribution is 2.22. The number of aliphatic imine (C=N–C) groups is 1. The summed E-state index contributed by atoms with van der Waals surface area (Å²) in [5.74, 6) is -0.519. The molecule has 0 saturated carbocycles. The molecule has 0 aliphatic heterocycles. The van der Waals surface area contributed by atoms with Gasteiger partial charge in [-0.25, -0.2) is 8.42 Å². The molecule has 0 aliphatic carbocycles. The average Bonchev–Trinajstić information content (AvgIpc) is 2.67. The van der Waals surface area contributed by atoms with Gasteiger partial charge in [0.05, 0.1) is 17.1 Å². The van der Waals surface area contributed by atoms with Crippen LogP contribution in [-0.2, 0) is 16.6 Å². The summed E-state index contributed by atoms with van der Waals surface area (Å²) in [5, 5.41) is 13.1. The zero-order valence-corrected chi connectivity index (χ0v) is 17.6. The number of nitrogens with one attached hydrogen (secondary N) is 1. The minimum atomic E-state index is -3.84. The third-order valence-electron chi connectivity index (χ3n) is 3.82. The fourth-order valence-corrected chi connectivity index (χ4v) is 4.02. The first-order valence-electron chi connectivity index (χ1n) is 8.19. The van der Waals surface area contributed by atoms with Crippen LogP contribution in [0.1, 0.15) is 11.1 Å². The second kappa shape index (κ2) is 8.77. The molecule has 0 atom stereocenters. The average molecular weight is 479 g/mol. The van der Waals surface area contributed by atoms with Crippen molar-refractivity contribution in [2.45, 2.75) is 11.4 Å². The summed E-state index contributed by atoms with van der Waals surface area (Å²) < 4.78 is 28.5. The van der Waals surface area contributed by atoms with E-state index in [1.54, 1.807) is 42.5 Å². The Balaban J connectivity index is 1.86. The Morgan fingerprint density at radius 1 is 1.04 bits per heavy atom. The fraction of sp³-hybridized carbons (Fsp3) is 0.0500. The molecule has 0 saturated heterocycles. The first-order valence-corrected chi connectivity index (χ1v) is 10.8. The normalized spacial score (nSPS) is 12.0. The Kier molecular flexibility index (Phi) is 6.39. The van der Waals surface area contributed by atoms with Crippen molar-refractivity contribution < 1.29 is 13.5 Å². The van der Waals surface area contributed by atoms with Crippen molar-refractivity contribution >= 4 is 49.1 Å². The third kappa shape index (κ3) is 5.13. The lowest BCUT2D eigenvalue weighted by Crippen LogP contribution is -2.22. The van der Waals surface area contributed by atoms with E-state index in [2.05, 4.69) is 25.6 Å². The number of hydrogen-bond donors (Lipinski definition) is 1. The molecule has 3 aromatic carbocycles. The number of nitrogens with zero attached hydrogens (tertiary/aromatic N) is 1. The van der Waals surface area contributed by atoms with Gasteiger partial charge in [0.25, 0.3) is 10.0 Å². The lowest BCUT2D eigenvalue weighted by molar-refractivity contribution is -0.213. The van der Waals surface area contributed by atoms with Crippen molar-refractivity contribution in [1.82, 2.24) is 0 Å². The van der Waals surface area contributed by atoms with Crippen LogP contribution in [0.4, 0.5) is 5.69 Å². The van der Waals surface area contributed by atoms with Crippen molar-refractivity contribution in [3.05, 3.63) is 93.4 Å². The van der Waals surface area contributed by atoms with Crippen LogP contribution in [0.25, 0.3) is 0 Å². The molecule has 0 aromatic heterocycles. The van der Waals surface area contributed by atoms with Gasteiger partial charge in [0.1, 0.15) is 0 Å². The molecule has 8 heteroatoms. The summed E-state index contributed by atoms with van der Waals surface area (Å²) in [6.45, 7) is 0.146. The van der Waals surface area contributed by atoms with Gasteiger partial charge in [-0.1, -0.05) is 57.9 Å². The number of anilines is 1. The van der Waals surface area contributed by atoms with Crippen LogP contribution in [-0.4, -0.2) is 14.3 Å². The summed E-state index contributed by atoms with van der Waals surface area (Å²) >= 11 is 9.21. The van der Waals surface area contributed by atoms with Crippen molar-refractivity contribution in [2.24, 2.45) is 4.99 Å². The summed E-state index contributed by atoms with van der Waals surface area (Å²) in [5.41, 5.74) is 1.13. The molecule has 5 nitrogen and oxygen atoms in total. The van der Waals surface area contributed by atoms with E-state index in [1.165, 1.54) is 24.3 Å². The first kappa shape index (κ1) is 20.4. The monoisotopic (exact) mass is 477 g/mol. The summed E-state index contributed by atoms with van der Waals surface area (Å²) in [4.78, 5) is 4.13. The van der Waals surface area contributed by atoms with Crippen molar-refractivity contribution in [1.29, 1.82) is 0 Å². The molecule has 144 valence electrons. The minimum absolute atomic E-state index is 0.0915. The van der Waals surface area contributed by atoms with Crippen LogP contribution in [0.3, 0.4) is 0 Å². The molecule has 0 radical (unpaired) electrons. The molecule has 3 rings (SSSR count). The topological polar surface area (TPSA) is 81.6 Å². The SMILES string of the molecule is O=S(=O)(Nc1ccccc1C([O-])=NCc1cccc(Cl)c1)c1ccc(Br)cc1. The number of sulfonamides is 1. The van der Waals surface area contributed by atoms with Gasteiger partial charge in [0.15, 0.2) is 0 Å². The van der Waals surface area contributed by atoms with Gasteiger partial charge in [-0.2, -0.15) is 0 Å². The summed E-state index contributed by atoms with van der Waals surface area (Å²) in [7, 11) is -3.84. The van der Waals surface area contributed by atoms with E-state index in [0.29, 0.717) is 5.02 Å². The molecule has 0 unspecified atom stereocenters. The van der Waals surface area contributed by atoms with E-state index in [4.69, 9.17) is 11.6 Å². The van der Waals surface area contributed by atoms with E-state index >= 15 is 0 Å². The number of para-hydroxylation sites is 1. The smallest absolute Gasteiger partial charge is 0.261 e. The van der Waals surface area contributed by atoms with Crippen LogP contribution >= 0.6 is 27.5 Å². The van der Waals surface area contributed by atoms with Gasteiger partial charge < -0.3 is 5.11 Å². The molecule has 0 amide bonds. The molecule has 0 bridgehead atoms. The van der Waals surface area contributed by atoms with Crippen LogP contribution in [0.15, 0.2) is 87.2 Å². The third-order valence-corrected chi connectivity index (χ3v) is 5.97. The highest BCUT2D eigenvalue weighted by atomic mass is 79.9. The maximum Gasteiger partial charge on any atom is 0.261 e. The molecule has 3 aromatic rings. The van der Waals surface area contributed by atoms with Gasteiger partial charge in [0.2, 0.25) is 0 Å². The van der Waals surface area contributed by atoms with E-state index in [0.717, 1.165) is 10.0 Å². The molecular formula is C20H15BrClN2O3S-. The zero-order valence-electron chi connectivity index (χ0n) is 14.5. The van der Waals surface area contributed by atoms with E-state index in [1.807, 2.05) is 6.07 Å². The number of rotatable bonds is 6. The number of halogens is 2. The highest BCUT2D eigenvalue weighted by Gasteiger charge is 2.15. The highest BCUT2D eigenvalue weighted by molar-refractivity contribution is 9.10. The quantitative estimate of drug-likeness (QED) is 0.426. The largest absolute Gasteiger partial charge is 0.858 e. The predicted octanol–water partition coefficient (Wildman–Crippen LogP) is 4.21. The molecule has 28 heavy (non-hydrogen) atoms. The van der Waals surface area contributed by atoms with Gasteiger partial charge in [-0.3, -0.25) is 9.71 Å². The summed E-state index contributed by atoms with van der Waals surface area (Å²) in [6, 6.07) is 19.6. The van der Waals surface area contributed by atoms with Crippen molar-refractivity contribution in [3.63, 3.8) is 0 Å². The first-order chi connectivity index (χ1) is 13.3. The second-order valence-corrected chi connectivity index (χ2v) is 8.89. The number of hydrogen-bond acceptors (Lipinski definition) is 4. The molecule has 0 aliphatic rings. The maximum atomic E-state index is 12.6. The van der Waals surface area contributed by atoms with Gasteiger partial charge in [-0.15, -0.1) is 0 Å². The molecule has 1 N–H and O–H groups in total. The zero-order chi connectivity index (χ0) is 20.1. The lowest BCUT2D eigenvalue weighted by Gasteiger charge is -2.17. The Hall–Kier alpha value is -2.35. The molecule has 0 heterocycles. The second-order valence-electron chi connectivity index (χ2n) is 5.86. The van der Waals surface area contributed by atoms with E-state index in [9.17, 15) is 13.5 Å². The van der Waals surface area contributed by atoms with Gasteiger partial charge in [-0.05, 0) is 53.9 Å². The van der Waals surface area contributed by atoms with Gasteiger partial charge >= 0.3 is 0 Å². The minimum Gasteiger partial charge on any atom is -0.858 e. The van der Waals surface area contributed by atoms with Crippen LogP contribution in [0.5, 0.6) is 0 Å². The summed E-state index contributed by atoms with van der Waals surface area (Å²) in [6.07, 6.45) is 0. The van der Waals surface area contributed by atoms with Gasteiger partial charge in [0, 0.05) is 15.1 Å². The van der Waals surface area contributed by atoms with Crippen molar-refractivity contribution in [2.75, 3.05) is 4.72 Å². The van der Waals surface area contributed by atoms with E-state index in [-0.39, 0.29) is 22.7 Å². The Morgan fingerprint density at radius 2 is 1.75 bits per heavy atom. The lowest BCUT2D eigenvalue weighted by atomic mass is 10.2. The van der Waals surface area contributed by atoms with E-state index < -0.39 is 15.9 Å². The molecule has 0 fully saturated rings. The predicted molar refractivity (Wildman–Crippen MR) is 113 cm³/mol. The maximum absolute atomic E-state index is 12.6. The van der Waals surface area contributed by atoms with Crippen molar-refractivity contribution in [3.8, 4) is 0 Å². The Morgan fingerprint density at radius 3 is 2.46 bits per heavy atom. The Labute approximate surface area is 176 Å². The van der Waals surface area contributed by atoms with Crippen LogP contribution in [0.2, 0.25) is 5.02 Å². The standard InChI is InChI=1S/C20H16BrClN2O3S/c21-15-8-10-17(11-9-15)28(26,27)24-19-7-2-1-6-18(19)20(25)23-13-14-4-3-5-16(22)12-14/h1-12,24H,13H2,(H,23,25)/p-1. The Bertz CT molecular complexity index is 1120. The van der Waals surface area contributed by atoms with Crippen LogP contribution in [0, 0.1) is 0 Å². The fourth-order valence-electron chi connectivity index (χ4n) is 2.46. The van der Waals surface area contributed by atoms with Crippen LogP contribution < -0.4 is 9.83 Å².